The Morgan fingerprint density at radius 3 is 2.38 bits per heavy atom. The molecule has 0 N–H and O–H groups in total. The maximum absolute atomic E-state index is 12.4. The molecule has 0 aliphatic carbocycles. The number of halogens is 1. The van der Waals surface area contributed by atoms with Crippen LogP contribution in [-0.4, -0.2) is 56.7 Å². The summed E-state index contributed by atoms with van der Waals surface area (Å²) in [5.74, 6) is 1.28. The van der Waals surface area contributed by atoms with E-state index in [-0.39, 0.29) is 17.9 Å². The van der Waals surface area contributed by atoms with Gasteiger partial charge in [-0.2, -0.15) is 4.31 Å². The molecule has 0 amide bonds. The Balaban J connectivity index is 1.57. The molecule has 2 aromatic rings. The van der Waals surface area contributed by atoms with Gasteiger partial charge in [0.25, 0.3) is 0 Å². The third kappa shape index (κ3) is 4.45. The largest absolute Gasteiger partial charge is 0.497 e. The summed E-state index contributed by atoms with van der Waals surface area (Å²) in [6.45, 7) is 3.19. The van der Waals surface area contributed by atoms with Crippen molar-refractivity contribution in [1.29, 1.82) is 0 Å². The molecule has 2 aliphatic heterocycles. The number of likely N-dealkylation sites (tertiary alicyclic amines) is 1. The van der Waals surface area contributed by atoms with Crippen LogP contribution in [-0.2, 0) is 16.6 Å². The van der Waals surface area contributed by atoms with Crippen LogP contribution in [0.1, 0.15) is 23.5 Å². The standard InChI is InChI=1S/C22H27ClN2O3S/c1-28-19-9-5-17(6-10-19)20-15-25(29(2,26)27)22-11-12-24(14-21(20)22)13-16-3-7-18(23)8-4-16/h3-10,20-22H,11-15H2,1-2H3/t20-,21-,22-/m1/s1. The zero-order chi connectivity index (χ0) is 20.6. The number of sulfonamides is 1. The van der Waals surface area contributed by atoms with Crippen molar-refractivity contribution in [2.75, 3.05) is 33.0 Å². The molecule has 0 radical (unpaired) electrons. The Hall–Kier alpha value is -1.60. The van der Waals surface area contributed by atoms with Gasteiger partial charge < -0.3 is 4.74 Å². The van der Waals surface area contributed by atoms with Crippen molar-refractivity contribution in [3.05, 3.63) is 64.7 Å². The molecule has 0 unspecified atom stereocenters. The highest BCUT2D eigenvalue weighted by Crippen LogP contribution is 2.43. The molecule has 2 saturated heterocycles. The first-order valence-electron chi connectivity index (χ1n) is 9.92. The number of fused-ring (bicyclic) bond motifs is 1. The smallest absolute Gasteiger partial charge is 0.211 e. The molecule has 2 aliphatic rings. The van der Waals surface area contributed by atoms with Crippen molar-refractivity contribution in [2.45, 2.75) is 24.9 Å². The first kappa shape index (κ1) is 20.7. The predicted octanol–water partition coefficient (Wildman–Crippen LogP) is 3.60. The molecule has 0 bridgehead atoms. The molecule has 2 aromatic carbocycles. The van der Waals surface area contributed by atoms with Crippen LogP contribution in [0.25, 0.3) is 0 Å². The minimum absolute atomic E-state index is 0.0681. The first-order chi connectivity index (χ1) is 13.8. The summed E-state index contributed by atoms with van der Waals surface area (Å²) in [7, 11) is -1.58. The van der Waals surface area contributed by atoms with Gasteiger partial charge in [-0.05, 0) is 47.7 Å². The number of piperidine rings is 1. The van der Waals surface area contributed by atoms with Crippen molar-refractivity contribution in [2.24, 2.45) is 5.92 Å². The molecule has 2 fully saturated rings. The summed E-state index contributed by atoms with van der Waals surface area (Å²) in [4.78, 5) is 2.44. The maximum atomic E-state index is 12.4. The van der Waals surface area contributed by atoms with Crippen LogP contribution in [0.2, 0.25) is 5.02 Å². The average Bonchev–Trinajstić information content (AvgIpc) is 3.09. The number of ether oxygens (including phenoxy) is 1. The van der Waals surface area contributed by atoms with Crippen LogP contribution in [0.15, 0.2) is 48.5 Å². The number of nitrogens with zero attached hydrogens (tertiary/aromatic N) is 2. The molecule has 4 rings (SSSR count). The van der Waals surface area contributed by atoms with Gasteiger partial charge in [0, 0.05) is 43.2 Å². The number of methoxy groups -OCH3 is 1. The SMILES string of the molecule is COc1ccc([C@H]2CN(S(C)(=O)=O)[C@@H]3CCN(Cc4ccc(Cl)cc4)C[C@H]23)cc1. The molecular weight excluding hydrogens is 408 g/mol. The van der Waals surface area contributed by atoms with Crippen LogP contribution < -0.4 is 4.74 Å². The summed E-state index contributed by atoms with van der Waals surface area (Å²) in [6.07, 6.45) is 2.19. The lowest BCUT2D eigenvalue weighted by Gasteiger charge is -2.38. The van der Waals surface area contributed by atoms with E-state index in [9.17, 15) is 8.42 Å². The van der Waals surface area contributed by atoms with E-state index in [4.69, 9.17) is 16.3 Å². The van der Waals surface area contributed by atoms with Gasteiger partial charge in [0.2, 0.25) is 10.0 Å². The van der Waals surface area contributed by atoms with E-state index in [1.54, 1.807) is 11.4 Å². The Labute approximate surface area is 178 Å². The van der Waals surface area contributed by atoms with Crippen molar-refractivity contribution < 1.29 is 13.2 Å². The van der Waals surface area contributed by atoms with Gasteiger partial charge in [-0.1, -0.05) is 35.9 Å². The third-order valence-corrected chi connectivity index (χ3v) is 7.78. The normalized spacial score (nSPS) is 25.7. The van der Waals surface area contributed by atoms with Gasteiger partial charge in [-0.3, -0.25) is 4.90 Å². The monoisotopic (exact) mass is 434 g/mol. The van der Waals surface area contributed by atoms with Crippen LogP contribution in [0.5, 0.6) is 5.75 Å². The van der Waals surface area contributed by atoms with E-state index < -0.39 is 10.0 Å². The number of hydrogen-bond acceptors (Lipinski definition) is 4. The van der Waals surface area contributed by atoms with E-state index in [1.165, 1.54) is 17.4 Å². The van der Waals surface area contributed by atoms with Crippen molar-refractivity contribution in [3.8, 4) is 5.75 Å². The van der Waals surface area contributed by atoms with Gasteiger partial charge in [0.05, 0.1) is 13.4 Å². The van der Waals surface area contributed by atoms with Crippen LogP contribution in [0.3, 0.4) is 0 Å². The molecule has 29 heavy (non-hydrogen) atoms. The summed E-state index contributed by atoms with van der Waals surface area (Å²) in [5, 5.41) is 0.742. The second-order valence-electron chi connectivity index (χ2n) is 8.09. The fourth-order valence-electron chi connectivity index (χ4n) is 4.83. The van der Waals surface area contributed by atoms with Gasteiger partial charge in [0.1, 0.15) is 5.75 Å². The van der Waals surface area contributed by atoms with Crippen molar-refractivity contribution in [3.63, 3.8) is 0 Å². The molecule has 2 heterocycles. The Bertz CT molecular complexity index is 947. The highest BCUT2D eigenvalue weighted by Gasteiger charge is 2.48. The highest BCUT2D eigenvalue weighted by atomic mass is 35.5. The molecular formula is C22H27ClN2O3S. The topological polar surface area (TPSA) is 49.9 Å². The Morgan fingerprint density at radius 2 is 1.76 bits per heavy atom. The first-order valence-corrected chi connectivity index (χ1v) is 12.2. The lowest BCUT2D eigenvalue weighted by Crippen LogP contribution is -2.47. The molecule has 0 saturated carbocycles. The molecule has 5 nitrogen and oxygen atoms in total. The third-order valence-electron chi connectivity index (χ3n) is 6.26. The predicted molar refractivity (Wildman–Crippen MR) is 116 cm³/mol. The maximum Gasteiger partial charge on any atom is 0.211 e. The fourth-order valence-corrected chi connectivity index (χ4v) is 6.15. The zero-order valence-corrected chi connectivity index (χ0v) is 18.4. The number of rotatable bonds is 5. The van der Waals surface area contributed by atoms with Crippen LogP contribution in [0.4, 0.5) is 0 Å². The second kappa shape index (κ2) is 8.26. The molecule has 156 valence electrons. The minimum atomic E-state index is -3.23. The van der Waals surface area contributed by atoms with Crippen molar-refractivity contribution >= 4 is 21.6 Å². The average molecular weight is 435 g/mol. The Morgan fingerprint density at radius 1 is 1.07 bits per heavy atom. The van der Waals surface area contributed by atoms with Gasteiger partial charge in [0.15, 0.2) is 0 Å². The van der Waals surface area contributed by atoms with E-state index >= 15 is 0 Å². The molecule has 0 aromatic heterocycles. The van der Waals surface area contributed by atoms with E-state index in [1.807, 2.05) is 24.3 Å². The summed E-state index contributed by atoms with van der Waals surface area (Å²) in [5.41, 5.74) is 2.41. The van der Waals surface area contributed by atoms with Crippen LogP contribution >= 0.6 is 11.6 Å². The van der Waals surface area contributed by atoms with E-state index in [0.717, 1.165) is 36.8 Å². The highest BCUT2D eigenvalue weighted by molar-refractivity contribution is 7.88. The summed E-state index contributed by atoms with van der Waals surface area (Å²) in [6, 6.07) is 16.1. The second-order valence-corrected chi connectivity index (χ2v) is 10.5. The Kier molecular flexibility index (Phi) is 5.89. The lowest BCUT2D eigenvalue weighted by atomic mass is 9.82. The summed E-state index contributed by atoms with van der Waals surface area (Å²) >= 11 is 6.01. The van der Waals surface area contributed by atoms with Gasteiger partial charge in [-0.25, -0.2) is 8.42 Å². The number of hydrogen-bond donors (Lipinski definition) is 0. The van der Waals surface area contributed by atoms with Crippen LogP contribution in [0, 0.1) is 5.92 Å². The zero-order valence-electron chi connectivity index (χ0n) is 16.8. The fraction of sp³-hybridized carbons (Fsp3) is 0.455. The lowest BCUT2D eigenvalue weighted by molar-refractivity contribution is 0.130. The minimum Gasteiger partial charge on any atom is -0.497 e. The van der Waals surface area contributed by atoms with Gasteiger partial charge >= 0.3 is 0 Å². The quantitative estimate of drug-likeness (QED) is 0.721. The van der Waals surface area contributed by atoms with Crippen molar-refractivity contribution in [1.82, 2.24) is 9.21 Å². The van der Waals surface area contributed by atoms with E-state index in [2.05, 4.69) is 29.2 Å². The molecule has 7 heteroatoms. The van der Waals surface area contributed by atoms with E-state index in [0.29, 0.717) is 6.54 Å². The van der Waals surface area contributed by atoms with Gasteiger partial charge in [-0.15, -0.1) is 0 Å². The summed E-state index contributed by atoms with van der Waals surface area (Å²) < 4.78 is 31.9. The molecule has 3 atom stereocenters. The number of benzene rings is 2. The molecule has 0 spiro atoms.